The summed E-state index contributed by atoms with van der Waals surface area (Å²) in [6.45, 7) is 5.61. The molecule has 1 atom stereocenters. The molecule has 1 aromatic carbocycles. The molecule has 0 fully saturated rings. The first-order valence-electron chi connectivity index (χ1n) is 7.61. The van der Waals surface area contributed by atoms with Crippen LogP contribution in [0.5, 0.6) is 5.75 Å². The van der Waals surface area contributed by atoms with Crippen molar-refractivity contribution in [2.24, 2.45) is 0 Å². The predicted octanol–water partition coefficient (Wildman–Crippen LogP) is 2.78. The highest BCUT2D eigenvalue weighted by Gasteiger charge is 2.11. The first-order chi connectivity index (χ1) is 11.2. The van der Waals surface area contributed by atoms with Crippen LogP contribution in [-0.2, 0) is 23.8 Å². The molecule has 6 nitrogen and oxygen atoms in total. The third kappa shape index (κ3) is 8.56. The highest BCUT2D eigenvalue weighted by molar-refractivity contribution is 7.99. The van der Waals surface area contributed by atoms with Gasteiger partial charge in [-0.05, 0) is 51.0 Å². The summed E-state index contributed by atoms with van der Waals surface area (Å²) < 4.78 is 37.2. The maximum Gasteiger partial charge on any atom is 0.344 e. The summed E-state index contributed by atoms with van der Waals surface area (Å²) >= 11 is 1.61. The van der Waals surface area contributed by atoms with E-state index in [-0.39, 0.29) is 12.7 Å². The lowest BCUT2D eigenvalue weighted by atomic mass is 10.2. The normalized spacial score (nSPS) is 12.7. The van der Waals surface area contributed by atoms with Crippen LogP contribution in [-0.4, -0.2) is 45.7 Å². The van der Waals surface area contributed by atoms with Crippen molar-refractivity contribution in [3.05, 3.63) is 23.8 Å². The average Bonchev–Trinajstić information content (AvgIpc) is 2.44. The zero-order valence-electron chi connectivity index (χ0n) is 14.4. The highest BCUT2D eigenvalue weighted by Crippen LogP contribution is 2.26. The van der Waals surface area contributed by atoms with Gasteiger partial charge in [0, 0.05) is 10.6 Å². The van der Waals surface area contributed by atoms with Crippen molar-refractivity contribution >= 4 is 27.8 Å². The van der Waals surface area contributed by atoms with Crippen molar-refractivity contribution in [1.29, 1.82) is 0 Å². The SMILES string of the molecule is CCOC(=O)COc1ccc(SCCC(C)OS(C)(=O)=O)cc1C. The third-order valence-corrected chi connectivity index (χ3v) is 4.63. The van der Waals surface area contributed by atoms with Gasteiger partial charge in [0.25, 0.3) is 10.1 Å². The molecule has 0 spiro atoms. The van der Waals surface area contributed by atoms with Crippen LogP contribution in [0.15, 0.2) is 23.1 Å². The summed E-state index contributed by atoms with van der Waals surface area (Å²) in [5.74, 6) is 0.982. The fraction of sp³-hybridized carbons (Fsp3) is 0.562. The average molecular weight is 376 g/mol. The molecule has 1 rings (SSSR count). The number of benzene rings is 1. The molecule has 0 bridgehead atoms. The maximum absolute atomic E-state index is 11.3. The van der Waals surface area contributed by atoms with Gasteiger partial charge in [0.1, 0.15) is 5.75 Å². The van der Waals surface area contributed by atoms with E-state index in [9.17, 15) is 13.2 Å². The van der Waals surface area contributed by atoms with E-state index in [1.807, 2.05) is 25.1 Å². The van der Waals surface area contributed by atoms with Crippen molar-refractivity contribution in [1.82, 2.24) is 0 Å². The summed E-state index contributed by atoms with van der Waals surface area (Å²) in [6, 6.07) is 5.68. The van der Waals surface area contributed by atoms with Crippen molar-refractivity contribution in [2.75, 3.05) is 25.2 Å². The monoisotopic (exact) mass is 376 g/mol. The van der Waals surface area contributed by atoms with Gasteiger partial charge in [-0.15, -0.1) is 11.8 Å². The second-order valence-electron chi connectivity index (χ2n) is 5.27. The lowest BCUT2D eigenvalue weighted by Gasteiger charge is -2.12. The van der Waals surface area contributed by atoms with Crippen molar-refractivity contribution in [2.45, 2.75) is 38.2 Å². The Morgan fingerprint density at radius 2 is 2.04 bits per heavy atom. The second kappa shape index (κ2) is 9.90. The molecule has 0 radical (unpaired) electrons. The number of thioether (sulfide) groups is 1. The molecule has 0 aliphatic rings. The van der Waals surface area contributed by atoms with E-state index in [1.165, 1.54) is 0 Å². The molecule has 0 aliphatic heterocycles. The molecule has 24 heavy (non-hydrogen) atoms. The fourth-order valence-corrected chi connectivity index (χ4v) is 3.71. The highest BCUT2D eigenvalue weighted by atomic mass is 32.2. The summed E-state index contributed by atoms with van der Waals surface area (Å²) in [4.78, 5) is 12.3. The number of hydrogen-bond donors (Lipinski definition) is 0. The minimum Gasteiger partial charge on any atom is -0.482 e. The van der Waals surface area contributed by atoms with E-state index in [0.29, 0.717) is 18.8 Å². The molecule has 136 valence electrons. The first kappa shape index (κ1) is 20.8. The van der Waals surface area contributed by atoms with Crippen LogP contribution in [0, 0.1) is 6.92 Å². The van der Waals surface area contributed by atoms with E-state index in [2.05, 4.69) is 0 Å². The minimum absolute atomic E-state index is 0.110. The Labute approximate surface area is 148 Å². The van der Waals surface area contributed by atoms with Crippen LogP contribution in [0.2, 0.25) is 0 Å². The Hall–Kier alpha value is -1.25. The number of aryl methyl sites for hydroxylation is 1. The smallest absolute Gasteiger partial charge is 0.344 e. The quantitative estimate of drug-likeness (QED) is 0.353. The number of ether oxygens (including phenoxy) is 2. The lowest BCUT2D eigenvalue weighted by Crippen LogP contribution is -2.15. The molecule has 8 heteroatoms. The molecule has 0 aliphatic carbocycles. The molecule has 0 heterocycles. The van der Waals surface area contributed by atoms with E-state index in [1.54, 1.807) is 25.6 Å². The van der Waals surface area contributed by atoms with Crippen LogP contribution in [0.25, 0.3) is 0 Å². The molecule has 0 aromatic heterocycles. The zero-order valence-corrected chi connectivity index (χ0v) is 16.0. The van der Waals surface area contributed by atoms with Gasteiger partial charge in [-0.25, -0.2) is 4.79 Å². The van der Waals surface area contributed by atoms with Gasteiger partial charge in [-0.2, -0.15) is 8.42 Å². The Morgan fingerprint density at radius 3 is 2.62 bits per heavy atom. The van der Waals surface area contributed by atoms with Gasteiger partial charge in [0.05, 0.1) is 19.0 Å². The number of hydrogen-bond acceptors (Lipinski definition) is 7. The summed E-state index contributed by atoms with van der Waals surface area (Å²) in [5, 5.41) is 0. The Bertz CT molecular complexity index is 642. The van der Waals surface area contributed by atoms with Crippen molar-refractivity contribution < 1.29 is 26.9 Å². The van der Waals surface area contributed by atoms with E-state index >= 15 is 0 Å². The molecule has 1 aromatic rings. The van der Waals surface area contributed by atoms with Gasteiger partial charge in [0.15, 0.2) is 6.61 Å². The molecular weight excluding hydrogens is 352 g/mol. The molecule has 0 saturated carbocycles. The molecule has 1 unspecified atom stereocenters. The van der Waals surface area contributed by atoms with E-state index in [4.69, 9.17) is 13.7 Å². The standard InChI is InChI=1S/C16H24O6S2/c1-5-20-16(17)11-21-15-7-6-14(10-12(15)2)23-9-8-13(3)22-24(4,18)19/h6-7,10,13H,5,8-9,11H2,1-4H3. The van der Waals surface area contributed by atoms with E-state index in [0.717, 1.165) is 22.5 Å². The Kier molecular flexibility index (Phi) is 8.58. The van der Waals surface area contributed by atoms with Crippen LogP contribution in [0.3, 0.4) is 0 Å². The summed E-state index contributed by atoms with van der Waals surface area (Å²) in [6.07, 6.45) is 1.33. The summed E-state index contributed by atoms with van der Waals surface area (Å²) in [5.41, 5.74) is 0.921. The zero-order chi connectivity index (χ0) is 18.2. The van der Waals surface area contributed by atoms with Gasteiger partial charge < -0.3 is 9.47 Å². The summed E-state index contributed by atoms with van der Waals surface area (Å²) in [7, 11) is -3.41. The van der Waals surface area contributed by atoms with Crippen molar-refractivity contribution in [3.8, 4) is 5.75 Å². The number of carbonyl (C=O) groups excluding carboxylic acids is 1. The Balaban J connectivity index is 2.45. The first-order valence-corrected chi connectivity index (χ1v) is 10.4. The third-order valence-electron chi connectivity index (χ3n) is 2.93. The minimum atomic E-state index is -3.41. The van der Waals surface area contributed by atoms with Gasteiger partial charge in [-0.1, -0.05) is 0 Å². The van der Waals surface area contributed by atoms with Gasteiger partial charge in [-0.3, -0.25) is 4.18 Å². The van der Waals surface area contributed by atoms with Gasteiger partial charge >= 0.3 is 5.97 Å². The fourth-order valence-electron chi connectivity index (χ4n) is 1.90. The van der Waals surface area contributed by atoms with Crippen LogP contribution in [0.4, 0.5) is 0 Å². The number of carbonyl (C=O) groups is 1. The maximum atomic E-state index is 11.3. The van der Waals surface area contributed by atoms with Crippen LogP contribution in [0.1, 0.15) is 25.8 Å². The number of esters is 1. The van der Waals surface area contributed by atoms with Gasteiger partial charge in [0.2, 0.25) is 0 Å². The van der Waals surface area contributed by atoms with Crippen LogP contribution >= 0.6 is 11.8 Å². The second-order valence-corrected chi connectivity index (χ2v) is 8.04. The molecular formula is C16H24O6S2. The van der Waals surface area contributed by atoms with Crippen LogP contribution < -0.4 is 4.74 Å². The molecule has 0 amide bonds. The predicted molar refractivity (Wildman–Crippen MR) is 94.0 cm³/mol. The largest absolute Gasteiger partial charge is 0.482 e. The Morgan fingerprint density at radius 1 is 1.33 bits per heavy atom. The molecule has 0 N–H and O–H groups in total. The topological polar surface area (TPSA) is 78.9 Å². The van der Waals surface area contributed by atoms with Crippen molar-refractivity contribution in [3.63, 3.8) is 0 Å². The van der Waals surface area contributed by atoms with E-state index < -0.39 is 16.1 Å². The number of rotatable bonds is 10. The lowest BCUT2D eigenvalue weighted by molar-refractivity contribution is -0.145. The molecule has 0 saturated heterocycles.